The van der Waals surface area contributed by atoms with E-state index in [9.17, 15) is 9.18 Å². The minimum absolute atomic E-state index is 0.0442. The minimum atomic E-state index is -0.668. The number of benzene rings is 1. The fraction of sp³-hybridized carbons (Fsp3) is 0.333. The Morgan fingerprint density at radius 1 is 1.50 bits per heavy atom. The summed E-state index contributed by atoms with van der Waals surface area (Å²) in [5.41, 5.74) is 0.518. The number of amides is 1. The summed E-state index contributed by atoms with van der Waals surface area (Å²) in [6.07, 6.45) is 0. The molecule has 2 rings (SSSR count). The Bertz CT molecular complexity index is 490. The second-order valence-corrected chi connectivity index (χ2v) is 4.04. The monoisotopic (exact) mass is 218 g/mol. The van der Waals surface area contributed by atoms with Crippen LogP contribution in [0.15, 0.2) is 18.2 Å². The van der Waals surface area contributed by atoms with Crippen molar-refractivity contribution in [1.82, 2.24) is 4.90 Å². The smallest absolute Gasteiger partial charge is 0.258 e. The van der Waals surface area contributed by atoms with E-state index in [4.69, 9.17) is 5.26 Å². The third-order valence-corrected chi connectivity index (χ3v) is 2.75. The molecular weight excluding hydrogens is 207 g/mol. The zero-order valence-corrected chi connectivity index (χ0v) is 9.07. The van der Waals surface area contributed by atoms with Crippen LogP contribution in [0.1, 0.15) is 35.8 Å². The van der Waals surface area contributed by atoms with Crippen LogP contribution in [0.3, 0.4) is 0 Å². The highest BCUT2D eigenvalue weighted by molar-refractivity contribution is 6.00. The Balaban J connectivity index is 2.62. The number of hydrogen-bond acceptors (Lipinski definition) is 2. The quantitative estimate of drug-likeness (QED) is 0.725. The van der Waals surface area contributed by atoms with Gasteiger partial charge in [0.25, 0.3) is 5.91 Å². The van der Waals surface area contributed by atoms with Crippen LogP contribution in [0, 0.1) is 17.1 Å². The van der Waals surface area contributed by atoms with Gasteiger partial charge in [0.2, 0.25) is 0 Å². The molecule has 1 heterocycles. The Kier molecular flexibility index (Phi) is 2.39. The van der Waals surface area contributed by atoms with Crippen LogP contribution in [0.4, 0.5) is 4.39 Å². The van der Waals surface area contributed by atoms with E-state index in [1.54, 1.807) is 6.07 Å². The number of rotatable bonds is 1. The highest BCUT2D eigenvalue weighted by Crippen LogP contribution is 2.35. The number of carbonyl (C=O) groups is 1. The molecule has 0 spiro atoms. The van der Waals surface area contributed by atoms with Crippen molar-refractivity contribution in [1.29, 1.82) is 5.26 Å². The summed E-state index contributed by atoms with van der Waals surface area (Å²) < 4.78 is 13.5. The molecule has 1 amide bonds. The molecule has 16 heavy (non-hydrogen) atoms. The van der Waals surface area contributed by atoms with Gasteiger partial charge in [0.05, 0.1) is 11.6 Å². The van der Waals surface area contributed by atoms with E-state index in [0.29, 0.717) is 5.56 Å². The average Bonchev–Trinajstić information content (AvgIpc) is 2.52. The Labute approximate surface area is 93.1 Å². The molecule has 0 radical (unpaired) electrons. The minimum Gasteiger partial charge on any atom is -0.316 e. The van der Waals surface area contributed by atoms with Crippen LogP contribution in [0.5, 0.6) is 0 Å². The summed E-state index contributed by atoms with van der Waals surface area (Å²) in [4.78, 5) is 13.4. The lowest BCUT2D eigenvalue weighted by molar-refractivity contribution is 0.0701. The predicted octanol–water partition coefficient (Wildman–Crippen LogP) is 2.25. The van der Waals surface area contributed by atoms with Gasteiger partial charge in [0, 0.05) is 11.6 Å². The van der Waals surface area contributed by atoms with Gasteiger partial charge in [0.15, 0.2) is 0 Å². The number of carbonyl (C=O) groups excluding carboxylic acids is 1. The van der Waals surface area contributed by atoms with Crippen LogP contribution < -0.4 is 0 Å². The molecule has 0 saturated heterocycles. The van der Waals surface area contributed by atoms with Crippen molar-refractivity contribution >= 4 is 5.91 Å². The molecule has 1 aliphatic rings. The van der Waals surface area contributed by atoms with Crippen LogP contribution in [-0.4, -0.2) is 16.8 Å². The van der Waals surface area contributed by atoms with Gasteiger partial charge in [-0.05, 0) is 19.9 Å². The Morgan fingerprint density at radius 3 is 2.75 bits per heavy atom. The molecule has 1 aromatic carbocycles. The second kappa shape index (κ2) is 3.60. The molecule has 3 nitrogen and oxygen atoms in total. The molecule has 0 saturated carbocycles. The second-order valence-electron chi connectivity index (χ2n) is 4.04. The first kappa shape index (κ1) is 10.6. The van der Waals surface area contributed by atoms with Gasteiger partial charge in [-0.3, -0.25) is 4.79 Å². The predicted molar refractivity (Wildman–Crippen MR) is 56.1 cm³/mol. The molecule has 0 aromatic heterocycles. The van der Waals surface area contributed by atoms with Crippen molar-refractivity contribution in [3.63, 3.8) is 0 Å². The highest BCUT2D eigenvalue weighted by Gasteiger charge is 2.40. The van der Waals surface area contributed by atoms with Gasteiger partial charge in [-0.25, -0.2) is 4.39 Å². The summed E-state index contributed by atoms with van der Waals surface area (Å²) >= 11 is 0. The molecule has 4 heteroatoms. The first-order chi connectivity index (χ1) is 7.57. The van der Waals surface area contributed by atoms with Crippen molar-refractivity contribution in [2.45, 2.75) is 25.9 Å². The molecule has 82 valence electrons. The van der Waals surface area contributed by atoms with Crippen molar-refractivity contribution < 1.29 is 9.18 Å². The summed E-state index contributed by atoms with van der Waals surface area (Å²) in [6, 6.07) is 5.66. The van der Waals surface area contributed by atoms with Crippen molar-refractivity contribution in [2.24, 2.45) is 0 Å². The molecule has 1 atom stereocenters. The normalized spacial score (nSPS) is 18.8. The maximum Gasteiger partial charge on any atom is 0.258 e. The zero-order valence-electron chi connectivity index (χ0n) is 9.07. The van der Waals surface area contributed by atoms with Crippen molar-refractivity contribution in [2.75, 3.05) is 0 Å². The first-order valence-corrected chi connectivity index (χ1v) is 5.08. The number of fused-ring (bicyclic) bond motifs is 1. The van der Waals surface area contributed by atoms with Crippen LogP contribution >= 0.6 is 0 Å². The Morgan fingerprint density at radius 2 is 2.19 bits per heavy atom. The lowest BCUT2D eigenvalue weighted by Gasteiger charge is -2.24. The van der Waals surface area contributed by atoms with Crippen molar-refractivity contribution in [3.8, 4) is 6.07 Å². The van der Waals surface area contributed by atoms with Crippen molar-refractivity contribution in [3.05, 3.63) is 35.1 Å². The number of halogens is 1. The molecular formula is C12H11FN2O. The van der Waals surface area contributed by atoms with Gasteiger partial charge < -0.3 is 4.90 Å². The van der Waals surface area contributed by atoms with Gasteiger partial charge in [-0.2, -0.15) is 5.26 Å². The fourth-order valence-corrected chi connectivity index (χ4v) is 2.05. The average molecular weight is 218 g/mol. The largest absolute Gasteiger partial charge is 0.316 e. The molecule has 1 unspecified atom stereocenters. The zero-order chi connectivity index (χ0) is 11.9. The lowest BCUT2D eigenvalue weighted by atomic mass is 10.1. The third-order valence-electron chi connectivity index (χ3n) is 2.75. The van der Waals surface area contributed by atoms with Gasteiger partial charge in [0.1, 0.15) is 11.9 Å². The van der Waals surface area contributed by atoms with Gasteiger partial charge in [-0.15, -0.1) is 0 Å². The van der Waals surface area contributed by atoms with Gasteiger partial charge in [-0.1, -0.05) is 12.1 Å². The first-order valence-electron chi connectivity index (χ1n) is 5.08. The van der Waals surface area contributed by atoms with E-state index in [2.05, 4.69) is 0 Å². The van der Waals surface area contributed by atoms with E-state index in [0.717, 1.165) is 0 Å². The van der Waals surface area contributed by atoms with Crippen LogP contribution in [-0.2, 0) is 0 Å². The molecule has 0 N–H and O–H groups in total. The van der Waals surface area contributed by atoms with E-state index in [-0.39, 0.29) is 11.6 Å². The molecule has 0 aliphatic carbocycles. The number of hydrogen-bond donors (Lipinski definition) is 0. The SMILES string of the molecule is CC(C)N1C(=O)c2c(F)cccc2C1C#N. The van der Waals surface area contributed by atoms with Crippen LogP contribution in [0.2, 0.25) is 0 Å². The van der Waals surface area contributed by atoms with E-state index < -0.39 is 17.8 Å². The number of nitrogens with zero attached hydrogens (tertiary/aromatic N) is 2. The van der Waals surface area contributed by atoms with E-state index in [1.807, 2.05) is 19.9 Å². The highest BCUT2D eigenvalue weighted by atomic mass is 19.1. The third kappa shape index (κ3) is 1.28. The summed E-state index contributed by atoms with van der Waals surface area (Å²) in [5.74, 6) is -0.944. The Hall–Kier alpha value is -1.89. The fourth-order valence-electron chi connectivity index (χ4n) is 2.05. The molecule has 1 aromatic rings. The maximum absolute atomic E-state index is 13.5. The van der Waals surface area contributed by atoms with Crippen LogP contribution in [0.25, 0.3) is 0 Å². The summed E-state index contributed by atoms with van der Waals surface area (Å²) in [6.45, 7) is 3.62. The standard InChI is InChI=1S/C12H11FN2O/c1-7(2)15-10(6-14)8-4-3-5-9(13)11(8)12(15)16/h3-5,7,10H,1-2H3. The molecule has 0 fully saturated rings. The van der Waals surface area contributed by atoms with E-state index >= 15 is 0 Å². The topological polar surface area (TPSA) is 44.1 Å². The van der Waals surface area contributed by atoms with Gasteiger partial charge >= 0.3 is 0 Å². The number of nitriles is 1. The summed E-state index contributed by atoms with van der Waals surface area (Å²) in [7, 11) is 0. The molecule has 0 bridgehead atoms. The lowest BCUT2D eigenvalue weighted by Crippen LogP contribution is -2.34. The summed E-state index contributed by atoms with van der Waals surface area (Å²) in [5, 5.41) is 9.07. The maximum atomic E-state index is 13.5. The van der Waals surface area contributed by atoms with E-state index in [1.165, 1.54) is 17.0 Å². The molecule has 1 aliphatic heterocycles.